The number of para-hydroxylation sites is 1. The van der Waals surface area contributed by atoms with Crippen LogP contribution in [0.15, 0.2) is 34.7 Å². The summed E-state index contributed by atoms with van der Waals surface area (Å²) in [7, 11) is 1.41. The lowest BCUT2D eigenvalue weighted by molar-refractivity contribution is -0.148. The van der Waals surface area contributed by atoms with E-state index in [4.69, 9.17) is 9.15 Å². The van der Waals surface area contributed by atoms with Crippen LogP contribution in [-0.2, 0) is 16.0 Å². The maximum Gasteiger partial charge on any atom is 0.317 e. The number of nitrogens with zero attached hydrogens (tertiary/aromatic N) is 1. The smallest absolute Gasteiger partial charge is 0.317 e. The van der Waals surface area contributed by atoms with Crippen molar-refractivity contribution in [3.63, 3.8) is 0 Å². The van der Waals surface area contributed by atoms with E-state index >= 15 is 0 Å². The number of amides is 2. The predicted molar refractivity (Wildman–Crippen MR) is 94.2 cm³/mol. The Morgan fingerprint density at radius 3 is 2.88 bits per heavy atom. The lowest BCUT2D eigenvalue weighted by Crippen LogP contribution is -2.49. The fraction of sp³-hybridized carbons (Fsp3) is 0.474. The van der Waals surface area contributed by atoms with Gasteiger partial charge in [-0.15, -0.1) is 0 Å². The second-order valence-electron chi connectivity index (χ2n) is 6.57. The minimum Gasteiger partial charge on any atom is -0.469 e. The highest BCUT2D eigenvalue weighted by Gasteiger charge is 2.33. The van der Waals surface area contributed by atoms with Gasteiger partial charge in [0.1, 0.15) is 11.3 Å². The molecule has 0 radical (unpaired) electrons. The van der Waals surface area contributed by atoms with Crippen LogP contribution in [0.2, 0.25) is 0 Å². The van der Waals surface area contributed by atoms with Gasteiger partial charge in [0.2, 0.25) is 0 Å². The Bertz CT molecular complexity index is 722. The first-order valence-corrected chi connectivity index (χ1v) is 8.66. The highest BCUT2D eigenvalue weighted by molar-refractivity contribution is 5.78. The van der Waals surface area contributed by atoms with Crippen LogP contribution in [0.3, 0.4) is 0 Å². The zero-order valence-electron chi connectivity index (χ0n) is 14.7. The number of likely N-dealkylation sites (tertiary alicyclic amines) is 1. The van der Waals surface area contributed by atoms with Crippen molar-refractivity contribution >= 4 is 23.0 Å². The number of fused-ring (bicyclic) bond motifs is 1. The van der Waals surface area contributed by atoms with E-state index in [9.17, 15) is 9.59 Å². The SMILES string of the molecule is COC(=O)[C@H]1CCN(C(=O)NCCc2cc3ccccc3o2)C[C@H]1C. The van der Waals surface area contributed by atoms with Gasteiger partial charge < -0.3 is 19.4 Å². The molecule has 25 heavy (non-hydrogen) atoms. The number of furan rings is 1. The Morgan fingerprint density at radius 2 is 2.16 bits per heavy atom. The molecule has 1 aromatic heterocycles. The third-order valence-corrected chi connectivity index (χ3v) is 4.82. The number of carbonyl (C=O) groups is 2. The number of urea groups is 1. The number of esters is 1. The monoisotopic (exact) mass is 344 g/mol. The standard InChI is InChI=1S/C19H24N2O4/c1-13-12-21(10-8-16(13)18(22)24-2)19(23)20-9-7-15-11-14-5-3-4-6-17(14)25-15/h3-6,11,13,16H,7-10,12H2,1-2H3,(H,20,23)/t13-,16+/m1/s1. The minimum atomic E-state index is -0.183. The van der Waals surface area contributed by atoms with Crippen LogP contribution in [0.25, 0.3) is 11.0 Å². The van der Waals surface area contributed by atoms with Crippen LogP contribution < -0.4 is 5.32 Å². The molecular weight excluding hydrogens is 320 g/mol. The van der Waals surface area contributed by atoms with Crippen LogP contribution in [-0.4, -0.2) is 43.6 Å². The summed E-state index contributed by atoms with van der Waals surface area (Å²) in [5, 5.41) is 4.01. The van der Waals surface area contributed by atoms with E-state index < -0.39 is 0 Å². The average molecular weight is 344 g/mol. The number of hydrogen-bond donors (Lipinski definition) is 1. The summed E-state index contributed by atoms with van der Waals surface area (Å²) in [5.74, 6) is 0.656. The van der Waals surface area contributed by atoms with Crippen LogP contribution >= 0.6 is 0 Å². The quantitative estimate of drug-likeness (QED) is 0.866. The summed E-state index contributed by atoms with van der Waals surface area (Å²) in [5.41, 5.74) is 0.863. The summed E-state index contributed by atoms with van der Waals surface area (Å²) >= 11 is 0. The van der Waals surface area contributed by atoms with Crippen molar-refractivity contribution in [2.24, 2.45) is 11.8 Å². The van der Waals surface area contributed by atoms with Gasteiger partial charge in [-0.05, 0) is 24.5 Å². The van der Waals surface area contributed by atoms with Gasteiger partial charge in [-0.3, -0.25) is 4.79 Å². The molecule has 134 valence electrons. The van der Waals surface area contributed by atoms with Crippen molar-refractivity contribution in [1.29, 1.82) is 0 Å². The van der Waals surface area contributed by atoms with Crippen molar-refractivity contribution in [3.05, 3.63) is 36.1 Å². The molecule has 1 aliphatic rings. The van der Waals surface area contributed by atoms with E-state index in [-0.39, 0.29) is 23.8 Å². The summed E-state index contributed by atoms with van der Waals surface area (Å²) < 4.78 is 10.6. The Labute approximate surface area is 147 Å². The molecule has 0 saturated carbocycles. The molecule has 2 aromatic rings. The average Bonchev–Trinajstić information content (AvgIpc) is 3.03. The maximum absolute atomic E-state index is 12.3. The Hall–Kier alpha value is -2.50. The molecule has 0 spiro atoms. The molecular formula is C19H24N2O4. The van der Waals surface area contributed by atoms with Gasteiger partial charge in [0.25, 0.3) is 0 Å². The lowest BCUT2D eigenvalue weighted by Gasteiger charge is -2.35. The third kappa shape index (κ3) is 3.95. The van der Waals surface area contributed by atoms with Crippen molar-refractivity contribution in [1.82, 2.24) is 10.2 Å². The predicted octanol–water partition coefficient (Wildman–Crippen LogP) is 2.82. The second-order valence-corrected chi connectivity index (χ2v) is 6.57. The fourth-order valence-electron chi connectivity index (χ4n) is 3.40. The summed E-state index contributed by atoms with van der Waals surface area (Å²) in [6.45, 7) is 3.64. The number of hydrogen-bond acceptors (Lipinski definition) is 4. The van der Waals surface area contributed by atoms with E-state index in [0.29, 0.717) is 32.5 Å². The molecule has 2 heterocycles. The first kappa shape index (κ1) is 17.3. The van der Waals surface area contributed by atoms with Crippen molar-refractivity contribution < 1.29 is 18.7 Å². The first-order valence-electron chi connectivity index (χ1n) is 8.66. The molecule has 0 aliphatic carbocycles. The molecule has 6 nitrogen and oxygen atoms in total. The molecule has 0 unspecified atom stereocenters. The molecule has 1 aromatic carbocycles. The van der Waals surface area contributed by atoms with Crippen LogP contribution in [0, 0.1) is 11.8 Å². The van der Waals surface area contributed by atoms with Crippen molar-refractivity contribution in [2.75, 3.05) is 26.7 Å². The van der Waals surface area contributed by atoms with E-state index in [1.165, 1.54) is 7.11 Å². The topological polar surface area (TPSA) is 71.8 Å². The van der Waals surface area contributed by atoms with Gasteiger partial charge in [-0.1, -0.05) is 25.1 Å². The zero-order valence-corrected chi connectivity index (χ0v) is 14.7. The normalized spacial score (nSPS) is 20.5. The highest BCUT2D eigenvalue weighted by Crippen LogP contribution is 2.24. The van der Waals surface area contributed by atoms with E-state index in [2.05, 4.69) is 5.32 Å². The Kier molecular flexibility index (Phi) is 5.26. The number of carbonyl (C=O) groups excluding carboxylic acids is 2. The first-order chi connectivity index (χ1) is 12.1. The molecule has 1 fully saturated rings. The number of rotatable bonds is 4. The number of benzene rings is 1. The number of ether oxygens (including phenoxy) is 1. The van der Waals surface area contributed by atoms with Crippen LogP contribution in [0.5, 0.6) is 0 Å². The number of methoxy groups -OCH3 is 1. The molecule has 2 atom stereocenters. The number of piperidine rings is 1. The van der Waals surface area contributed by atoms with E-state index in [1.54, 1.807) is 4.90 Å². The molecule has 0 bridgehead atoms. The second kappa shape index (κ2) is 7.59. The molecule has 1 saturated heterocycles. The molecule has 1 N–H and O–H groups in total. The third-order valence-electron chi connectivity index (χ3n) is 4.82. The van der Waals surface area contributed by atoms with E-state index in [0.717, 1.165) is 16.7 Å². The van der Waals surface area contributed by atoms with Gasteiger partial charge in [0, 0.05) is 31.4 Å². The van der Waals surface area contributed by atoms with Crippen molar-refractivity contribution in [2.45, 2.75) is 19.8 Å². The summed E-state index contributed by atoms with van der Waals surface area (Å²) in [6, 6.07) is 9.77. The van der Waals surface area contributed by atoms with Gasteiger partial charge >= 0.3 is 12.0 Å². The van der Waals surface area contributed by atoms with Gasteiger partial charge in [-0.2, -0.15) is 0 Å². The highest BCUT2D eigenvalue weighted by atomic mass is 16.5. The minimum absolute atomic E-state index is 0.0914. The van der Waals surface area contributed by atoms with E-state index in [1.807, 2.05) is 37.3 Å². The van der Waals surface area contributed by atoms with Crippen LogP contribution in [0.4, 0.5) is 4.79 Å². The maximum atomic E-state index is 12.3. The van der Waals surface area contributed by atoms with Crippen LogP contribution in [0.1, 0.15) is 19.1 Å². The summed E-state index contributed by atoms with van der Waals surface area (Å²) in [4.78, 5) is 25.8. The Balaban J connectivity index is 1.47. The van der Waals surface area contributed by atoms with Gasteiger partial charge in [0.05, 0.1) is 13.0 Å². The molecule has 2 amide bonds. The molecule has 3 rings (SSSR count). The Morgan fingerprint density at radius 1 is 1.36 bits per heavy atom. The lowest BCUT2D eigenvalue weighted by atomic mass is 9.87. The fourth-order valence-corrected chi connectivity index (χ4v) is 3.40. The zero-order chi connectivity index (χ0) is 17.8. The largest absolute Gasteiger partial charge is 0.469 e. The molecule has 1 aliphatic heterocycles. The van der Waals surface area contributed by atoms with Crippen molar-refractivity contribution in [3.8, 4) is 0 Å². The van der Waals surface area contributed by atoms with Gasteiger partial charge in [-0.25, -0.2) is 4.79 Å². The summed E-state index contributed by atoms with van der Waals surface area (Å²) in [6.07, 6.45) is 1.29. The number of nitrogens with one attached hydrogen (secondary N) is 1. The van der Waals surface area contributed by atoms with Gasteiger partial charge in [0.15, 0.2) is 0 Å². The molecule has 6 heteroatoms.